The fourth-order valence-corrected chi connectivity index (χ4v) is 3.57. The van der Waals surface area contributed by atoms with E-state index in [1.807, 2.05) is 24.4 Å². The first kappa shape index (κ1) is 19.4. The van der Waals surface area contributed by atoms with Crippen LogP contribution in [0.4, 0.5) is 10.6 Å². The summed E-state index contributed by atoms with van der Waals surface area (Å²) < 4.78 is 5.02. The summed E-state index contributed by atoms with van der Waals surface area (Å²) in [5.41, 5.74) is 0. The molecule has 1 N–H and O–H groups in total. The number of ether oxygens (including phenoxy) is 1. The molecular weight excluding hydrogens is 346 g/mol. The van der Waals surface area contributed by atoms with Crippen molar-refractivity contribution in [3.8, 4) is 0 Å². The Hall–Kier alpha value is -2.35. The molecule has 8 heteroatoms. The Morgan fingerprint density at radius 1 is 1.15 bits per heavy atom. The van der Waals surface area contributed by atoms with Crippen molar-refractivity contribution >= 4 is 17.8 Å². The molecule has 8 nitrogen and oxygen atoms in total. The van der Waals surface area contributed by atoms with Gasteiger partial charge in [0.1, 0.15) is 5.82 Å². The van der Waals surface area contributed by atoms with Gasteiger partial charge < -0.3 is 19.9 Å². The molecule has 0 spiro atoms. The average molecular weight is 375 g/mol. The van der Waals surface area contributed by atoms with Crippen LogP contribution < -0.4 is 10.2 Å². The van der Waals surface area contributed by atoms with Gasteiger partial charge in [0.2, 0.25) is 5.91 Å². The number of hydrogen-bond donors (Lipinski definition) is 1. The van der Waals surface area contributed by atoms with Crippen LogP contribution in [0, 0.1) is 0 Å². The summed E-state index contributed by atoms with van der Waals surface area (Å²) in [5.74, 6) is 1.06. The van der Waals surface area contributed by atoms with Crippen molar-refractivity contribution in [2.24, 2.45) is 0 Å². The molecule has 3 heterocycles. The normalized spacial score (nSPS) is 19.0. The SMILES string of the molecule is CCOC(=O)N1CCC(NC(=O)CN2CCN(c3ccccn3)CC2)CC1. The summed E-state index contributed by atoms with van der Waals surface area (Å²) in [6.07, 6.45) is 3.10. The minimum Gasteiger partial charge on any atom is -0.450 e. The molecule has 2 aliphatic heterocycles. The molecule has 1 aromatic rings. The van der Waals surface area contributed by atoms with Crippen LogP contribution in [0.15, 0.2) is 24.4 Å². The molecule has 148 valence electrons. The highest BCUT2D eigenvalue weighted by atomic mass is 16.6. The van der Waals surface area contributed by atoms with Gasteiger partial charge >= 0.3 is 6.09 Å². The highest BCUT2D eigenvalue weighted by Gasteiger charge is 2.25. The minimum absolute atomic E-state index is 0.0656. The first-order chi connectivity index (χ1) is 13.2. The lowest BCUT2D eigenvalue weighted by molar-refractivity contribution is -0.123. The van der Waals surface area contributed by atoms with E-state index in [2.05, 4.69) is 20.1 Å². The van der Waals surface area contributed by atoms with E-state index in [1.165, 1.54) is 0 Å². The van der Waals surface area contributed by atoms with E-state index >= 15 is 0 Å². The molecule has 2 fully saturated rings. The number of piperazine rings is 1. The number of carbonyl (C=O) groups is 2. The molecule has 2 saturated heterocycles. The van der Waals surface area contributed by atoms with Crippen LogP contribution in [-0.2, 0) is 9.53 Å². The minimum atomic E-state index is -0.256. The van der Waals surface area contributed by atoms with Crippen molar-refractivity contribution < 1.29 is 14.3 Å². The average Bonchev–Trinajstić information content (AvgIpc) is 2.70. The molecular formula is C19H29N5O3. The van der Waals surface area contributed by atoms with Gasteiger partial charge in [0.05, 0.1) is 13.2 Å². The van der Waals surface area contributed by atoms with E-state index in [4.69, 9.17) is 4.74 Å². The molecule has 2 aliphatic rings. The van der Waals surface area contributed by atoms with Gasteiger partial charge in [-0.15, -0.1) is 0 Å². The van der Waals surface area contributed by atoms with Gasteiger partial charge in [-0.1, -0.05) is 6.07 Å². The van der Waals surface area contributed by atoms with Crippen molar-refractivity contribution in [2.45, 2.75) is 25.8 Å². The fourth-order valence-electron chi connectivity index (χ4n) is 3.57. The lowest BCUT2D eigenvalue weighted by Gasteiger charge is -2.35. The third-order valence-corrected chi connectivity index (χ3v) is 5.10. The van der Waals surface area contributed by atoms with Gasteiger partial charge in [0.15, 0.2) is 0 Å². The van der Waals surface area contributed by atoms with E-state index in [-0.39, 0.29) is 18.0 Å². The number of nitrogens with one attached hydrogen (secondary N) is 1. The molecule has 0 aromatic carbocycles. The quantitative estimate of drug-likeness (QED) is 0.825. The Labute approximate surface area is 160 Å². The predicted molar refractivity (Wildman–Crippen MR) is 103 cm³/mol. The van der Waals surface area contributed by atoms with Gasteiger partial charge in [0.25, 0.3) is 0 Å². The van der Waals surface area contributed by atoms with E-state index in [0.717, 1.165) is 44.8 Å². The highest BCUT2D eigenvalue weighted by molar-refractivity contribution is 5.78. The first-order valence-electron chi connectivity index (χ1n) is 9.75. The Kier molecular flexibility index (Phi) is 6.86. The molecule has 1 aromatic heterocycles. The molecule has 27 heavy (non-hydrogen) atoms. The fraction of sp³-hybridized carbons (Fsp3) is 0.632. The smallest absolute Gasteiger partial charge is 0.409 e. The Balaban J connectivity index is 1.35. The van der Waals surface area contributed by atoms with E-state index in [1.54, 1.807) is 11.8 Å². The van der Waals surface area contributed by atoms with Crippen LogP contribution in [0.1, 0.15) is 19.8 Å². The van der Waals surface area contributed by atoms with Crippen LogP contribution in [0.3, 0.4) is 0 Å². The number of anilines is 1. The Morgan fingerprint density at radius 3 is 2.52 bits per heavy atom. The van der Waals surface area contributed by atoms with Crippen LogP contribution in [0.5, 0.6) is 0 Å². The molecule has 0 aliphatic carbocycles. The lowest BCUT2D eigenvalue weighted by atomic mass is 10.1. The van der Waals surface area contributed by atoms with Gasteiger partial charge in [-0.05, 0) is 31.9 Å². The zero-order chi connectivity index (χ0) is 19.1. The van der Waals surface area contributed by atoms with Crippen molar-refractivity contribution in [3.05, 3.63) is 24.4 Å². The number of hydrogen-bond acceptors (Lipinski definition) is 6. The number of amides is 2. The monoisotopic (exact) mass is 375 g/mol. The van der Waals surface area contributed by atoms with E-state index in [0.29, 0.717) is 26.2 Å². The molecule has 0 radical (unpaired) electrons. The summed E-state index contributed by atoms with van der Waals surface area (Å²) >= 11 is 0. The van der Waals surface area contributed by atoms with E-state index < -0.39 is 0 Å². The number of carbonyl (C=O) groups excluding carboxylic acids is 2. The first-order valence-corrected chi connectivity index (χ1v) is 9.75. The van der Waals surface area contributed by atoms with Crippen LogP contribution in [-0.4, -0.2) is 85.2 Å². The standard InChI is InChI=1S/C19H29N5O3/c1-2-27-19(26)24-9-6-16(7-10-24)21-18(25)15-22-11-13-23(14-12-22)17-5-3-4-8-20-17/h3-5,8,16H,2,6-7,9-15H2,1H3,(H,21,25). The second kappa shape index (κ2) is 9.55. The molecule has 0 saturated carbocycles. The predicted octanol–water partition coefficient (Wildman–Crippen LogP) is 0.941. The van der Waals surface area contributed by atoms with Gasteiger partial charge in [0, 0.05) is 51.5 Å². The molecule has 3 rings (SSSR count). The maximum Gasteiger partial charge on any atom is 0.409 e. The third-order valence-electron chi connectivity index (χ3n) is 5.10. The largest absolute Gasteiger partial charge is 0.450 e. The van der Waals surface area contributed by atoms with Crippen LogP contribution >= 0.6 is 0 Å². The number of aromatic nitrogens is 1. The van der Waals surface area contributed by atoms with E-state index in [9.17, 15) is 9.59 Å². The zero-order valence-corrected chi connectivity index (χ0v) is 16.0. The van der Waals surface area contributed by atoms with Crippen LogP contribution in [0.25, 0.3) is 0 Å². The number of piperidine rings is 1. The van der Waals surface area contributed by atoms with Crippen molar-refractivity contribution in [3.63, 3.8) is 0 Å². The number of nitrogens with zero attached hydrogens (tertiary/aromatic N) is 4. The molecule has 0 atom stereocenters. The summed E-state index contributed by atoms with van der Waals surface area (Å²) in [6, 6.07) is 6.07. The third kappa shape index (κ3) is 5.56. The second-order valence-corrected chi connectivity index (χ2v) is 6.98. The van der Waals surface area contributed by atoms with Gasteiger partial charge in [-0.3, -0.25) is 9.69 Å². The van der Waals surface area contributed by atoms with Crippen molar-refractivity contribution in [2.75, 3.05) is 57.3 Å². The topological polar surface area (TPSA) is 78.0 Å². The summed E-state index contributed by atoms with van der Waals surface area (Å²) in [4.78, 5) is 34.6. The molecule has 0 unspecified atom stereocenters. The highest BCUT2D eigenvalue weighted by Crippen LogP contribution is 2.13. The van der Waals surface area contributed by atoms with Crippen molar-refractivity contribution in [1.29, 1.82) is 0 Å². The summed E-state index contributed by atoms with van der Waals surface area (Å²) in [7, 11) is 0. The Bertz CT molecular complexity index is 611. The number of likely N-dealkylation sites (tertiary alicyclic amines) is 1. The lowest BCUT2D eigenvalue weighted by Crippen LogP contribution is -2.52. The number of pyridine rings is 1. The zero-order valence-electron chi connectivity index (χ0n) is 16.0. The van der Waals surface area contributed by atoms with Crippen molar-refractivity contribution in [1.82, 2.24) is 20.1 Å². The Morgan fingerprint density at radius 2 is 1.89 bits per heavy atom. The summed E-state index contributed by atoms with van der Waals surface area (Å²) in [5, 5.41) is 3.12. The van der Waals surface area contributed by atoms with Gasteiger partial charge in [-0.2, -0.15) is 0 Å². The van der Waals surface area contributed by atoms with Crippen LogP contribution in [0.2, 0.25) is 0 Å². The second-order valence-electron chi connectivity index (χ2n) is 6.98. The van der Waals surface area contributed by atoms with Gasteiger partial charge in [-0.25, -0.2) is 9.78 Å². The molecule has 2 amide bonds. The molecule has 0 bridgehead atoms. The maximum absolute atomic E-state index is 12.4. The summed E-state index contributed by atoms with van der Waals surface area (Å²) in [6.45, 7) is 7.35. The maximum atomic E-state index is 12.4. The number of rotatable bonds is 5.